The minimum atomic E-state index is -0.425. The molecule has 1 fully saturated rings. The second kappa shape index (κ2) is 7.71. The highest BCUT2D eigenvalue weighted by Crippen LogP contribution is 2.30. The lowest BCUT2D eigenvalue weighted by Gasteiger charge is -2.14. The van der Waals surface area contributed by atoms with Crippen LogP contribution in [0.25, 0.3) is 17.1 Å². The summed E-state index contributed by atoms with van der Waals surface area (Å²) in [7, 11) is 0. The van der Waals surface area contributed by atoms with Crippen molar-refractivity contribution < 1.29 is 14.3 Å². The number of esters is 1. The van der Waals surface area contributed by atoms with E-state index < -0.39 is 5.97 Å². The Balaban J connectivity index is 2.17. The Bertz CT molecular complexity index is 899. The Morgan fingerprint density at radius 2 is 2.35 bits per heavy atom. The van der Waals surface area contributed by atoms with Crippen molar-refractivity contribution in [1.82, 2.24) is 9.55 Å². The molecule has 0 radical (unpaired) electrons. The Hall–Kier alpha value is -2.65. The van der Waals surface area contributed by atoms with Crippen molar-refractivity contribution in [1.29, 1.82) is 5.26 Å². The van der Waals surface area contributed by atoms with Gasteiger partial charge in [0.1, 0.15) is 11.7 Å². The zero-order valence-corrected chi connectivity index (χ0v) is 15.4. The molecule has 0 spiro atoms. The molecule has 0 saturated carbocycles. The average molecular weight is 353 g/mol. The maximum Gasteiger partial charge on any atom is 0.330 e. The lowest BCUT2D eigenvalue weighted by atomic mass is 10.1. The summed E-state index contributed by atoms with van der Waals surface area (Å²) in [6, 6.07) is 4.27. The SMILES string of the molecule is CCOC(=O)C=Cc1c(C#N)c2c(C)cc(C)nc2n1CC1CCCO1. The molecule has 1 atom stereocenters. The molecule has 0 aromatic carbocycles. The first-order chi connectivity index (χ1) is 12.5. The van der Waals surface area contributed by atoms with Crippen molar-refractivity contribution in [3.8, 4) is 6.07 Å². The molecule has 136 valence electrons. The van der Waals surface area contributed by atoms with Crippen LogP contribution < -0.4 is 0 Å². The molecular weight excluding hydrogens is 330 g/mol. The maximum atomic E-state index is 11.8. The number of hydrogen-bond acceptors (Lipinski definition) is 5. The molecule has 2 aromatic rings. The third-order valence-electron chi connectivity index (χ3n) is 4.56. The van der Waals surface area contributed by atoms with E-state index in [0.29, 0.717) is 24.4 Å². The fourth-order valence-electron chi connectivity index (χ4n) is 3.50. The number of nitrogens with zero attached hydrogens (tertiary/aromatic N) is 3. The van der Waals surface area contributed by atoms with E-state index in [9.17, 15) is 10.1 Å². The van der Waals surface area contributed by atoms with Gasteiger partial charge in [-0.1, -0.05) is 0 Å². The molecule has 1 saturated heterocycles. The summed E-state index contributed by atoms with van der Waals surface area (Å²) < 4.78 is 12.7. The Kier molecular flexibility index (Phi) is 5.38. The van der Waals surface area contributed by atoms with E-state index in [4.69, 9.17) is 9.47 Å². The number of hydrogen-bond donors (Lipinski definition) is 0. The number of carbonyl (C=O) groups is 1. The highest BCUT2D eigenvalue weighted by molar-refractivity contribution is 5.94. The largest absolute Gasteiger partial charge is 0.463 e. The van der Waals surface area contributed by atoms with Crippen LogP contribution in [-0.2, 0) is 20.8 Å². The molecule has 0 amide bonds. The molecule has 2 aromatic heterocycles. The van der Waals surface area contributed by atoms with Gasteiger partial charge in [0.05, 0.1) is 30.5 Å². The third kappa shape index (κ3) is 3.49. The molecule has 1 aliphatic heterocycles. The Morgan fingerprint density at radius 3 is 3.00 bits per heavy atom. The van der Waals surface area contributed by atoms with E-state index in [2.05, 4.69) is 11.1 Å². The van der Waals surface area contributed by atoms with E-state index >= 15 is 0 Å². The van der Waals surface area contributed by atoms with Gasteiger partial charge in [-0.3, -0.25) is 0 Å². The van der Waals surface area contributed by atoms with E-state index in [1.807, 2.05) is 24.5 Å². The lowest BCUT2D eigenvalue weighted by molar-refractivity contribution is -0.137. The molecule has 0 N–H and O–H groups in total. The van der Waals surface area contributed by atoms with Crippen LogP contribution in [0.1, 0.15) is 42.3 Å². The maximum absolute atomic E-state index is 11.8. The van der Waals surface area contributed by atoms with Crippen molar-refractivity contribution >= 4 is 23.1 Å². The highest BCUT2D eigenvalue weighted by atomic mass is 16.5. The van der Waals surface area contributed by atoms with Gasteiger partial charge >= 0.3 is 5.97 Å². The predicted octanol–water partition coefficient (Wildman–Crippen LogP) is 3.28. The first-order valence-electron chi connectivity index (χ1n) is 8.92. The second-order valence-electron chi connectivity index (χ2n) is 6.48. The number of ether oxygens (including phenoxy) is 2. The van der Waals surface area contributed by atoms with Crippen LogP contribution in [0.4, 0.5) is 0 Å². The van der Waals surface area contributed by atoms with Crippen LogP contribution in [0.5, 0.6) is 0 Å². The number of aryl methyl sites for hydroxylation is 2. The van der Waals surface area contributed by atoms with Crippen molar-refractivity contribution in [2.75, 3.05) is 13.2 Å². The standard InChI is InChI=1S/C20H23N3O3/c1-4-25-18(24)8-7-17-16(11-21)19-13(2)10-14(3)22-20(19)23(17)12-15-6-5-9-26-15/h7-8,10,15H,4-6,9,12H2,1-3H3. The molecule has 1 aliphatic rings. The molecule has 6 heteroatoms. The van der Waals surface area contributed by atoms with Crippen molar-refractivity contribution in [3.63, 3.8) is 0 Å². The molecule has 1 unspecified atom stereocenters. The summed E-state index contributed by atoms with van der Waals surface area (Å²) in [5, 5.41) is 10.6. The number of fused-ring (bicyclic) bond motifs is 1. The smallest absolute Gasteiger partial charge is 0.330 e. The number of nitriles is 1. The van der Waals surface area contributed by atoms with Gasteiger partial charge < -0.3 is 14.0 Å². The molecular formula is C20H23N3O3. The van der Waals surface area contributed by atoms with Gasteiger partial charge in [0.25, 0.3) is 0 Å². The minimum Gasteiger partial charge on any atom is -0.463 e. The molecule has 0 aliphatic carbocycles. The molecule has 3 rings (SSSR count). The molecule has 3 heterocycles. The van der Waals surface area contributed by atoms with E-state index in [1.165, 1.54) is 6.08 Å². The van der Waals surface area contributed by atoms with Crippen LogP contribution in [0.15, 0.2) is 12.1 Å². The van der Waals surface area contributed by atoms with Crippen LogP contribution in [0.2, 0.25) is 0 Å². The third-order valence-corrected chi connectivity index (χ3v) is 4.56. The summed E-state index contributed by atoms with van der Waals surface area (Å²) in [6.45, 7) is 7.36. The van der Waals surface area contributed by atoms with Crippen LogP contribution in [0.3, 0.4) is 0 Å². The summed E-state index contributed by atoms with van der Waals surface area (Å²) in [5.74, 6) is -0.425. The summed E-state index contributed by atoms with van der Waals surface area (Å²) >= 11 is 0. The zero-order valence-electron chi connectivity index (χ0n) is 15.4. The lowest BCUT2D eigenvalue weighted by Crippen LogP contribution is -2.16. The predicted molar refractivity (Wildman–Crippen MR) is 98.6 cm³/mol. The van der Waals surface area contributed by atoms with Gasteiger partial charge in [0.2, 0.25) is 0 Å². The van der Waals surface area contributed by atoms with Gasteiger partial charge in [0, 0.05) is 23.8 Å². The van der Waals surface area contributed by atoms with Crippen molar-refractivity contribution in [3.05, 3.63) is 34.7 Å². The summed E-state index contributed by atoms with van der Waals surface area (Å²) in [4.78, 5) is 16.4. The van der Waals surface area contributed by atoms with Crippen molar-refractivity contribution in [2.45, 2.75) is 46.3 Å². The fraction of sp³-hybridized carbons (Fsp3) is 0.450. The monoisotopic (exact) mass is 353 g/mol. The van der Waals surface area contributed by atoms with Crippen LogP contribution >= 0.6 is 0 Å². The summed E-state index contributed by atoms with van der Waals surface area (Å²) in [5.41, 5.74) is 3.86. The van der Waals surface area contributed by atoms with Crippen LogP contribution in [0, 0.1) is 25.2 Å². The first-order valence-corrected chi connectivity index (χ1v) is 8.92. The molecule has 6 nitrogen and oxygen atoms in total. The van der Waals surface area contributed by atoms with E-state index in [-0.39, 0.29) is 6.10 Å². The Labute approximate surface area is 153 Å². The normalized spacial score (nSPS) is 17.1. The van der Waals surface area contributed by atoms with Gasteiger partial charge in [-0.25, -0.2) is 9.78 Å². The number of pyridine rings is 1. The minimum absolute atomic E-state index is 0.0921. The van der Waals surface area contributed by atoms with Crippen molar-refractivity contribution in [2.24, 2.45) is 0 Å². The van der Waals surface area contributed by atoms with Gasteiger partial charge in [-0.15, -0.1) is 0 Å². The topological polar surface area (TPSA) is 77.1 Å². The van der Waals surface area contributed by atoms with Gasteiger partial charge in [0.15, 0.2) is 0 Å². The fourth-order valence-corrected chi connectivity index (χ4v) is 3.50. The van der Waals surface area contributed by atoms with Gasteiger partial charge in [-0.2, -0.15) is 5.26 Å². The second-order valence-corrected chi connectivity index (χ2v) is 6.48. The van der Waals surface area contributed by atoms with Crippen LogP contribution in [-0.4, -0.2) is 34.8 Å². The highest BCUT2D eigenvalue weighted by Gasteiger charge is 2.23. The van der Waals surface area contributed by atoms with E-state index in [1.54, 1.807) is 13.0 Å². The van der Waals surface area contributed by atoms with E-state index in [0.717, 1.165) is 41.7 Å². The number of aromatic nitrogens is 2. The molecule has 0 bridgehead atoms. The number of rotatable bonds is 5. The van der Waals surface area contributed by atoms with Gasteiger partial charge in [-0.05, 0) is 51.3 Å². The summed E-state index contributed by atoms with van der Waals surface area (Å²) in [6.07, 6.45) is 5.13. The Morgan fingerprint density at radius 1 is 1.54 bits per heavy atom. The zero-order chi connectivity index (χ0) is 18.7. The first kappa shape index (κ1) is 18.2. The molecule has 26 heavy (non-hydrogen) atoms. The number of carbonyl (C=O) groups excluding carboxylic acids is 1. The quantitative estimate of drug-likeness (QED) is 0.609. The average Bonchev–Trinajstić information content (AvgIpc) is 3.20.